The molecule has 2 atom stereocenters. The summed E-state index contributed by atoms with van der Waals surface area (Å²) >= 11 is 0. The third-order valence-corrected chi connectivity index (χ3v) is 4.95. The van der Waals surface area contributed by atoms with Crippen molar-refractivity contribution < 1.29 is 0 Å². The van der Waals surface area contributed by atoms with Crippen LogP contribution < -0.4 is 10.6 Å². The van der Waals surface area contributed by atoms with Crippen molar-refractivity contribution in [3.63, 3.8) is 0 Å². The van der Waals surface area contributed by atoms with Crippen molar-refractivity contribution in [2.24, 2.45) is 17.6 Å². The van der Waals surface area contributed by atoms with Crippen LogP contribution in [-0.4, -0.2) is 29.6 Å². The molecule has 3 rings (SSSR count). The molecule has 4 heteroatoms. The average Bonchev–Trinajstić information content (AvgIpc) is 2.46. The predicted octanol–water partition coefficient (Wildman–Crippen LogP) is 2.34. The van der Waals surface area contributed by atoms with Gasteiger partial charge in [0, 0.05) is 25.0 Å². The van der Waals surface area contributed by atoms with Gasteiger partial charge in [0.25, 0.3) is 0 Å². The fourth-order valence-electron chi connectivity index (χ4n) is 3.66. The molecule has 1 aliphatic heterocycles. The van der Waals surface area contributed by atoms with E-state index >= 15 is 0 Å². The maximum Gasteiger partial charge on any atom is 0.225 e. The van der Waals surface area contributed by atoms with Crippen molar-refractivity contribution in [1.82, 2.24) is 9.97 Å². The molecule has 2 aliphatic rings. The highest BCUT2D eigenvalue weighted by Gasteiger charge is 2.25. The number of hydrogen-bond acceptors (Lipinski definition) is 4. The fraction of sp³-hybridized carbons (Fsp3) is 0.750. The molecule has 2 heterocycles. The van der Waals surface area contributed by atoms with Gasteiger partial charge in [0.2, 0.25) is 5.95 Å². The van der Waals surface area contributed by atoms with Crippen molar-refractivity contribution in [3.8, 4) is 0 Å². The van der Waals surface area contributed by atoms with E-state index in [-0.39, 0.29) is 0 Å². The number of aromatic nitrogens is 2. The third kappa shape index (κ3) is 2.66. The fourth-order valence-corrected chi connectivity index (χ4v) is 3.66. The van der Waals surface area contributed by atoms with E-state index in [9.17, 15) is 0 Å². The van der Waals surface area contributed by atoms with Crippen molar-refractivity contribution in [1.29, 1.82) is 0 Å². The molecule has 1 aromatic rings. The lowest BCUT2D eigenvalue weighted by Gasteiger charge is -2.33. The minimum absolute atomic E-state index is 0.603. The molecule has 0 amide bonds. The molecule has 20 heavy (non-hydrogen) atoms. The van der Waals surface area contributed by atoms with Gasteiger partial charge in [-0.3, -0.25) is 0 Å². The van der Waals surface area contributed by atoms with Gasteiger partial charge in [-0.2, -0.15) is 0 Å². The SMILES string of the molecule is CC1Cc2nc(N3CCC(CN)CC3)ncc2C(C)C1. The van der Waals surface area contributed by atoms with Crippen LogP contribution in [0, 0.1) is 11.8 Å². The summed E-state index contributed by atoms with van der Waals surface area (Å²) in [7, 11) is 0. The highest BCUT2D eigenvalue weighted by molar-refractivity contribution is 5.36. The van der Waals surface area contributed by atoms with Crippen LogP contribution in [0.25, 0.3) is 0 Å². The van der Waals surface area contributed by atoms with Crippen LogP contribution in [0.3, 0.4) is 0 Å². The molecule has 0 spiro atoms. The molecular weight excluding hydrogens is 248 g/mol. The summed E-state index contributed by atoms with van der Waals surface area (Å²) in [6.45, 7) is 7.53. The quantitative estimate of drug-likeness (QED) is 0.899. The van der Waals surface area contributed by atoms with Crippen LogP contribution in [0.1, 0.15) is 50.3 Å². The molecule has 0 radical (unpaired) electrons. The monoisotopic (exact) mass is 274 g/mol. The first-order valence-electron chi connectivity index (χ1n) is 7.98. The lowest BCUT2D eigenvalue weighted by atomic mass is 9.82. The summed E-state index contributed by atoms with van der Waals surface area (Å²) in [4.78, 5) is 11.8. The minimum atomic E-state index is 0.603. The van der Waals surface area contributed by atoms with Gasteiger partial charge in [0.05, 0.1) is 0 Å². The van der Waals surface area contributed by atoms with Gasteiger partial charge >= 0.3 is 0 Å². The largest absolute Gasteiger partial charge is 0.341 e. The molecule has 0 aromatic carbocycles. The van der Waals surface area contributed by atoms with Crippen molar-refractivity contribution in [2.75, 3.05) is 24.5 Å². The molecule has 4 nitrogen and oxygen atoms in total. The molecule has 1 aliphatic carbocycles. The van der Waals surface area contributed by atoms with Gasteiger partial charge in [-0.15, -0.1) is 0 Å². The van der Waals surface area contributed by atoms with Crippen molar-refractivity contribution in [3.05, 3.63) is 17.5 Å². The summed E-state index contributed by atoms with van der Waals surface area (Å²) in [5, 5.41) is 0. The molecule has 0 saturated carbocycles. The summed E-state index contributed by atoms with van der Waals surface area (Å²) < 4.78 is 0. The third-order valence-electron chi connectivity index (χ3n) is 4.95. The van der Waals surface area contributed by atoms with Crippen LogP contribution >= 0.6 is 0 Å². The molecule has 2 unspecified atom stereocenters. The van der Waals surface area contributed by atoms with Crippen LogP contribution in [0.5, 0.6) is 0 Å². The maximum atomic E-state index is 5.76. The Morgan fingerprint density at radius 1 is 1.30 bits per heavy atom. The number of hydrogen-bond donors (Lipinski definition) is 1. The standard InChI is InChI=1S/C16H26N4/c1-11-7-12(2)14-10-18-16(19-15(14)8-11)20-5-3-13(9-17)4-6-20/h10-13H,3-9,17H2,1-2H3. The lowest BCUT2D eigenvalue weighted by Crippen LogP contribution is -2.37. The van der Waals surface area contributed by atoms with Crippen LogP contribution in [0.15, 0.2) is 6.20 Å². The second kappa shape index (κ2) is 5.68. The van der Waals surface area contributed by atoms with Crippen LogP contribution in [0.4, 0.5) is 5.95 Å². The molecular formula is C16H26N4. The Balaban J connectivity index is 1.77. The van der Waals surface area contributed by atoms with E-state index in [2.05, 4.69) is 29.9 Å². The predicted molar refractivity (Wildman–Crippen MR) is 81.9 cm³/mol. The zero-order chi connectivity index (χ0) is 14.1. The molecule has 0 bridgehead atoms. The Morgan fingerprint density at radius 3 is 2.75 bits per heavy atom. The van der Waals surface area contributed by atoms with Crippen molar-refractivity contribution >= 4 is 5.95 Å². The number of anilines is 1. The van der Waals surface area contributed by atoms with Crippen LogP contribution in [0.2, 0.25) is 0 Å². The topological polar surface area (TPSA) is 55.0 Å². The van der Waals surface area contributed by atoms with Crippen molar-refractivity contribution in [2.45, 2.75) is 45.4 Å². The first-order chi connectivity index (χ1) is 9.67. The van der Waals surface area contributed by atoms with Gasteiger partial charge in [-0.05, 0) is 55.5 Å². The van der Waals surface area contributed by atoms with E-state index in [1.54, 1.807) is 0 Å². The smallest absolute Gasteiger partial charge is 0.225 e. The summed E-state index contributed by atoms with van der Waals surface area (Å²) in [6, 6.07) is 0. The molecule has 2 N–H and O–H groups in total. The Hall–Kier alpha value is -1.16. The van der Waals surface area contributed by atoms with Crippen LogP contribution in [-0.2, 0) is 6.42 Å². The van der Waals surface area contributed by atoms with E-state index in [1.165, 1.54) is 30.5 Å². The Bertz CT molecular complexity index is 466. The molecule has 110 valence electrons. The first-order valence-corrected chi connectivity index (χ1v) is 7.98. The molecule has 1 fully saturated rings. The highest BCUT2D eigenvalue weighted by atomic mass is 15.3. The van der Waals surface area contributed by atoms with E-state index in [0.29, 0.717) is 11.8 Å². The maximum absolute atomic E-state index is 5.76. The zero-order valence-corrected chi connectivity index (χ0v) is 12.7. The summed E-state index contributed by atoms with van der Waals surface area (Å²) in [5.74, 6) is 2.96. The second-order valence-corrected chi connectivity index (χ2v) is 6.68. The van der Waals surface area contributed by atoms with Gasteiger partial charge in [-0.1, -0.05) is 13.8 Å². The summed E-state index contributed by atoms with van der Waals surface area (Å²) in [5.41, 5.74) is 8.40. The number of nitrogens with zero attached hydrogens (tertiary/aromatic N) is 3. The van der Waals surface area contributed by atoms with Gasteiger partial charge in [0.15, 0.2) is 0 Å². The Morgan fingerprint density at radius 2 is 2.05 bits per heavy atom. The Kier molecular flexibility index (Phi) is 3.92. The van der Waals surface area contributed by atoms with E-state index < -0.39 is 0 Å². The Labute approximate surface area is 121 Å². The van der Waals surface area contributed by atoms with E-state index in [0.717, 1.165) is 37.9 Å². The second-order valence-electron chi connectivity index (χ2n) is 6.68. The zero-order valence-electron chi connectivity index (χ0n) is 12.7. The normalized spacial score (nSPS) is 27.4. The van der Waals surface area contributed by atoms with Gasteiger partial charge in [0.1, 0.15) is 0 Å². The first kappa shape index (κ1) is 13.8. The number of rotatable bonds is 2. The number of piperidine rings is 1. The summed E-state index contributed by atoms with van der Waals surface area (Å²) in [6.07, 6.45) is 6.78. The highest BCUT2D eigenvalue weighted by Crippen LogP contribution is 2.34. The molecule has 1 saturated heterocycles. The van der Waals surface area contributed by atoms with E-state index in [4.69, 9.17) is 10.7 Å². The lowest BCUT2D eigenvalue weighted by molar-refractivity contribution is 0.408. The number of nitrogens with two attached hydrogens (primary N) is 1. The molecule has 1 aromatic heterocycles. The minimum Gasteiger partial charge on any atom is -0.341 e. The number of fused-ring (bicyclic) bond motifs is 1. The van der Waals surface area contributed by atoms with Gasteiger partial charge in [-0.25, -0.2) is 9.97 Å². The average molecular weight is 274 g/mol. The van der Waals surface area contributed by atoms with Gasteiger partial charge < -0.3 is 10.6 Å². The van der Waals surface area contributed by atoms with E-state index in [1.807, 2.05) is 0 Å².